The van der Waals surface area contributed by atoms with Crippen molar-refractivity contribution >= 4 is 43.6 Å². The van der Waals surface area contributed by atoms with Gasteiger partial charge in [-0.3, -0.25) is 9.59 Å². The van der Waals surface area contributed by atoms with E-state index in [-0.39, 0.29) is 91.2 Å². The van der Waals surface area contributed by atoms with Crippen molar-refractivity contribution in [2.45, 2.75) is 9.79 Å². The Bertz CT molecular complexity index is 2070. The number of benzene rings is 2. The molecular formula is C32H31N7O9S2. The third-order valence-electron chi connectivity index (χ3n) is 8.85. The van der Waals surface area contributed by atoms with Crippen LogP contribution in [-0.2, 0) is 20.0 Å². The molecule has 2 fully saturated rings. The molecule has 260 valence electrons. The molecule has 3 aliphatic rings. The highest BCUT2D eigenvalue weighted by molar-refractivity contribution is 7.89. The minimum atomic E-state index is -4.03. The average Bonchev–Trinajstić information content (AvgIpc) is 3.91. The number of primary amides is 1. The van der Waals surface area contributed by atoms with E-state index < -0.39 is 26.1 Å². The van der Waals surface area contributed by atoms with E-state index in [1.54, 1.807) is 36.4 Å². The Morgan fingerprint density at radius 1 is 0.620 bits per heavy atom. The number of furan rings is 2. The molecule has 2 saturated heterocycles. The second-order valence-electron chi connectivity index (χ2n) is 11.7. The van der Waals surface area contributed by atoms with Gasteiger partial charge < -0.3 is 24.4 Å². The fraction of sp³-hybridized carbons (Fsp3) is 0.250. The van der Waals surface area contributed by atoms with Crippen LogP contribution in [0, 0.1) is 0 Å². The molecule has 0 radical (unpaired) electrons. The van der Waals surface area contributed by atoms with Gasteiger partial charge in [0, 0.05) is 63.5 Å². The summed E-state index contributed by atoms with van der Waals surface area (Å²) in [7, 11) is -8.06. The molecule has 4 amide bonds. The number of hydrogen-bond acceptors (Lipinski definition) is 10. The zero-order chi connectivity index (χ0) is 35.2. The van der Waals surface area contributed by atoms with Crippen LogP contribution >= 0.6 is 0 Å². The van der Waals surface area contributed by atoms with E-state index in [1.807, 2.05) is 0 Å². The molecule has 0 saturated carbocycles. The summed E-state index contributed by atoms with van der Waals surface area (Å²) < 4.78 is 68.1. The molecule has 0 atom stereocenters. The number of piperazine rings is 2. The van der Waals surface area contributed by atoms with Crippen molar-refractivity contribution < 1.29 is 40.1 Å². The molecule has 2 aliphatic heterocycles. The van der Waals surface area contributed by atoms with Gasteiger partial charge in [0.15, 0.2) is 11.5 Å². The van der Waals surface area contributed by atoms with Gasteiger partial charge in [0.2, 0.25) is 20.0 Å². The van der Waals surface area contributed by atoms with Gasteiger partial charge in [0.05, 0.1) is 28.0 Å². The number of nitrogens with one attached hydrogen (secondary N) is 1. The van der Waals surface area contributed by atoms with Gasteiger partial charge in [-0.25, -0.2) is 27.1 Å². The highest BCUT2D eigenvalue weighted by atomic mass is 32.2. The monoisotopic (exact) mass is 721 g/mol. The first-order valence-electron chi connectivity index (χ1n) is 15.5. The minimum Gasteiger partial charge on any atom is -0.459 e. The van der Waals surface area contributed by atoms with Gasteiger partial charge in [0.25, 0.3) is 11.8 Å². The van der Waals surface area contributed by atoms with Crippen LogP contribution in [0.25, 0.3) is 11.1 Å². The molecule has 18 heteroatoms. The molecule has 3 N–H and O–H groups in total. The summed E-state index contributed by atoms with van der Waals surface area (Å²) in [5, 5.41) is 4.15. The molecule has 4 heterocycles. The number of sulfonamides is 2. The van der Waals surface area contributed by atoms with Crippen LogP contribution in [0.2, 0.25) is 0 Å². The zero-order valence-electron chi connectivity index (χ0n) is 26.4. The first-order chi connectivity index (χ1) is 23.9. The van der Waals surface area contributed by atoms with Crippen molar-refractivity contribution in [3.05, 3.63) is 95.8 Å². The van der Waals surface area contributed by atoms with Crippen molar-refractivity contribution in [3.63, 3.8) is 0 Å². The molecule has 1 aliphatic carbocycles. The lowest BCUT2D eigenvalue weighted by Crippen LogP contribution is -2.50. The topological polar surface area (TPSA) is 209 Å². The third-order valence-corrected chi connectivity index (χ3v) is 12.6. The second-order valence-corrected chi connectivity index (χ2v) is 15.6. The molecule has 0 bridgehead atoms. The molecule has 16 nitrogen and oxygen atoms in total. The van der Waals surface area contributed by atoms with E-state index in [0.29, 0.717) is 22.3 Å². The van der Waals surface area contributed by atoms with E-state index in [4.69, 9.17) is 14.6 Å². The molecule has 0 spiro atoms. The zero-order valence-corrected chi connectivity index (χ0v) is 28.0. The summed E-state index contributed by atoms with van der Waals surface area (Å²) in [6.07, 6.45) is 2.79. The number of fused-ring (bicyclic) bond motifs is 3. The Morgan fingerprint density at radius 2 is 1.04 bits per heavy atom. The molecule has 2 aromatic carbocycles. The van der Waals surface area contributed by atoms with E-state index in [1.165, 1.54) is 55.2 Å². The lowest BCUT2D eigenvalue weighted by molar-refractivity contribution is 0.0660. The molecule has 0 unspecified atom stereocenters. The maximum Gasteiger partial charge on any atom is 0.332 e. The van der Waals surface area contributed by atoms with Gasteiger partial charge in [-0.15, -0.1) is 0 Å². The largest absolute Gasteiger partial charge is 0.459 e. The van der Waals surface area contributed by atoms with Gasteiger partial charge in [-0.1, -0.05) is 12.1 Å². The summed E-state index contributed by atoms with van der Waals surface area (Å²) in [5.74, 6) is -0.304. The van der Waals surface area contributed by atoms with Crippen LogP contribution in [0.15, 0.2) is 96.9 Å². The van der Waals surface area contributed by atoms with Crippen LogP contribution in [0.3, 0.4) is 0 Å². The van der Waals surface area contributed by atoms with E-state index in [9.17, 15) is 31.2 Å². The smallest absolute Gasteiger partial charge is 0.332 e. The van der Waals surface area contributed by atoms with Crippen molar-refractivity contribution in [3.8, 4) is 11.1 Å². The summed E-state index contributed by atoms with van der Waals surface area (Å²) in [5.41, 5.74) is 9.46. The Kier molecular flexibility index (Phi) is 8.54. The van der Waals surface area contributed by atoms with Crippen LogP contribution < -0.4 is 11.2 Å². The van der Waals surface area contributed by atoms with Crippen molar-refractivity contribution in [2.75, 3.05) is 52.4 Å². The molecule has 50 heavy (non-hydrogen) atoms. The van der Waals surface area contributed by atoms with Crippen LogP contribution in [0.5, 0.6) is 0 Å². The van der Waals surface area contributed by atoms with Crippen LogP contribution in [-0.4, -0.2) is 111 Å². The fourth-order valence-corrected chi connectivity index (χ4v) is 9.18. The normalized spacial score (nSPS) is 16.9. The standard InChI is InChI=1S/C32H31N7O9S2/c33-32(42)35-34-29-25-19-21(49(43,44)38-13-9-36(10-14-38)30(40)27-3-1-17-47-27)5-7-23(25)24-8-6-22(20-26(24)29)50(45,46)39-15-11-37(12-16-39)31(41)28-4-2-18-48-28/h1-8,17-20H,9-16H2,(H3,33,35,42). The van der Waals surface area contributed by atoms with E-state index in [2.05, 4.69) is 10.5 Å². The van der Waals surface area contributed by atoms with E-state index in [0.717, 1.165) is 0 Å². The number of amides is 4. The molecular weight excluding hydrogens is 691 g/mol. The van der Waals surface area contributed by atoms with Crippen LogP contribution in [0.1, 0.15) is 32.2 Å². The quantitative estimate of drug-likeness (QED) is 0.233. The highest BCUT2D eigenvalue weighted by Crippen LogP contribution is 2.40. The lowest BCUT2D eigenvalue weighted by atomic mass is 10.1. The second kappa shape index (κ2) is 12.9. The number of carbonyl (C=O) groups is 3. The summed E-state index contributed by atoms with van der Waals surface area (Å²) in [4.78, 5) is 40.0. The predicted molar refractivity (Wildman–Crippen MR) is 177 cm³/mol. The van der Waals surface area contributed by atoms with Crippen molar-refractivity contribution in [1.82, 2.24) is 23.8 Å². The highest BCUT2D eigenvalue weighted by Gasteiger charge is 2.36. The number of rotatable bonds is 7. The maximum absolute atomic E-state index is 13.8. The Labute approximate surface area is 286 Å². The number of nitrogens with two attached hydrogens (primary N) is 1. The lowest BCUT2D eigenvalue weighted by Gasteiger charge is -2.33. The van der Waals surface area contributed by atoms with Gasteiger partial charge >= 0.3 is 6.03 Å². The number of hydrazone groups is 1. The summed E-state index contributed by atoms with van der Waals surface area (Å²) >= 11 is 0. The van der Waals surface area contributed by atoms with Crippen molar-refractivity contribution in [1.29, 1.82) is 0 Å². The summed E-state index contributed by atoms with van der Waals surface area (Å²) in [6.45, 7) is 0.888. The van der Waals surface area contributed by atoms with E-state index >= 15 is 0 Å². The predicted octanol–water partition coefficient (Wildman–Crippen LogP) is 1.57. The first kappa shape index (κ1) is 33.2. The Hall–Kier alpha value is -5.30. The number of urea groups is 1. The maximum atomic E-state index is 13.8. The Balaban J connectivity index is 1.13. The Morgan fingerprint density at radius 3 is 1.40 bits per heavy atom. The van der Waals surface area contributed by atoms with Gasteiger partial charge in [0.1, 0.15) is 0 Å². The minimum absolute atomic E-state index is 0.0450. The summed E-state index contributed by atoms with van der Waals surface area (Å²) in [6, 6.07) is 14.3. The fourth-order valence-electron chi connectivity index (χ4n) is 6.28. The molecule has 4 aromatic rings. The number of carbonyl (C=O) groups excluding carboxylic acids is 3. The van der Waals surface area contributed by atoms with Crippen molar-refractivity contribution in [2.24, 2.45) is 10.8 Å². The van der Waals surface area contributed by atoms with Gasteiger partial charge in [-0.05, 0) is 59.7 Å². The number of hydrogen-bond donors (Lipinski definition) is 2. The average molecular weight is 722 g/mol. The SMILES string of the molecule is NC(=O)NN=C1c2cc(S(=O)(=O)N3CCN(C(=O)c4ccco4)CC3)ccc2-c2ccc(S(=O)(=O)N3CCN(C(=O)c4ccco4)CC3)cc21. The third kappa shape index (κ3) is 5.95. The molecule has 2 aromatic heterocycles. The number of nitrogens with zero attached hydrogens (tertiary/aromatic N) is 5. The first-order valence-corrected chi connectivity index (χ1v) is 18.4. The van der Waals surface area contributed by atoms with Gasteiger partial charge in [-0.2, -0.15) is 13.7 Å². The molecule has 7 rings (SSSR count). The van der Waals surface area contributed by atoms with Crippen LogP contribution in [0.4, 0.5) is 4.79 Å².